The van der Waals surface area contributed by atoms with Crippen LogP contribution < -0.4 is 0 Å². The monoisotopic (exact) mass is 374 g/mol. The Bertz CT molecular complexity index is 913. The Kier molecular flexibility index (Phi) is 4.87. The van der Waals surface area contributed by atoms with Gasteiger partial charge in [-0.2, -0.15) is 0 Å². The molecule has 3 rings (SSSR count). The highest BCUT2D eigenvalue weighted by molar-refractivity contribution is 8.18. The van der Waals surface area contributed by atoms with E-state index in [9.17, 15) is 19.7 Å². The van der Waals surface area contributed by atoms with Gasteiger partial charge in [-0.05, 0) is 35.5 Å². The molecule has 1 aliphatic heterocycles. The summed E-state index contributed by atoms with van der Waals surface area (Å²) in [6, 6.07) is 12.9. The first-order chi connectivity index (χ1) is 12.0. The zero-order valence-electron chi connectivity index (χ0n) is 12.7. The van der Waals surface area contributed by atoms with E-state index in [0.717, 1.165) is 16.7 Å². The van der Waals surface area contributed by atoms with Gasteiger partial charge >= 0.3 is 0 Å². The number of thioether (sulfide) groups is 1. The molecule has 0 saturated carbocycles. The Morgan fingerprint density at radius 1 is 1.16 bits per heavy atom. The van der Waals surface area contributed by atoms with Gasteiger partial charge < -0.3 is 0 Å². The molecule has 0 aliphatic carbocycles. The van der Waals surface area contributed by atoms with Crippen LogP contribution in [0.5, 0.6) is 0 Å². The van der Waals surface area contributed by atoms with Crippen molar-refractivity contribution in [3.63, 3.8) is 0 Å². The van der Waals surface area contributed by atoms with Crippen LogP contribution in [0.1, 0.15) is 11.1 Å². The van der Waals surface area contributed by atoms with Crippen molar-refractivity contribution in [3.8, 4) is 0 Å². The fourth-order valence-electron chi connectivity index (χ4n) is 2.38. The first-order valence-electron chi connectivity index (χ1n) is 7.19. The van der Waals surface area contributed by atoms with Crippen molar-refractivity contribution in [1.82, 2.24) is 4.90 Å². The van der Waals surface area contributed by atoms with Gasteiger partial charge in [-0.15, -0.1) is 0 Å². The first-order valence-corrected chi connectivity index (χ1v) is 8.38. The lowest BCUT2D eigenvalue weighted by Crippen LogP contribution is -2.27. The highest BCUT2D eigenvalue weighted by Gasteiger charge is 2.36. The molecule has 0 atom stereocenters. The van der Waals surface area contributed by atoms with Crippen molar-refractivity contribution in [2.45, 2.75) is 6.54 Å². The molecule has 2 aromatic rings. The molecular formula is C17H11ClN2O4S. The molecule has 126 valence electrons. The van der Waals surface area contributed by atoms with E-state index in [0.29, 0.717) is 16.1 Å². The van der Waals surface area contributed by atoms with E-state index >= 15 is 0 Å². The summed E-state index contributed by atoms with van der Waals surface area (Å²) in [5.41, 5.74) is 0.878. The predicted octanol–water partition coefficient (Wildman–Crippen LogP) is 4.48. The Balaban J connectivity index is 1.86. The quantitative estimate of drug-likeness (QED) is 0.447. The van der Waals surface area contributed by atoms with Crippen LogP contribution in [-0.2, 0) is 11.3 Å². The van der Waals surface area contributed by atoms with Crippen molar-refractivity contribution in [2.24, 2.45) is 0 Å². The summed E-state index contributed by atoms with van der Waals surface area (Å²) >= 11 is 6.72. The van der Waals surface area contributed by atoms with E-state index in [-0.39, 0.29) is 17.1 Å². The number of rotatable bonds is 4. The van der Waals surface area contributed by atoms with Crippen molar-refractivity contribution in [2.75, 3.05) is 0 Å². The van der Waals surface area contributed by atoms with Gasteiger partial charge in [0.25, 0.3) is 16.8 Å². The van der Waals surface area contributed by atoms with E-state index in [1.54, 1.807) is 36.4 Å². The summed E-state index contributed by atoms with van der Waals surface area (Å²) in [6.45, 7) is -0.144. The number of hydrogen-bond acceptors (Lipinski definition) is 5. The number of benzene rings is 2. The predicted molar refractivity (Wildman–Crippen MR) is 96.1 cm³/mol. The van der Waals surface area contributed by atoms with E-state index in [1.165, 1.54) is 18.2 Å². The fourth-order valence-corrected chi connectivity index (χ4v) is 3.41. The van der Waals surface area contributed by atoms with Crippen LogP contribution in [0.15, 0.2) is 53.4 Å². The molecule has 8 heteroatoms. The molecular weight excluding hydrogens is 364 g/mol. The lowest BCUT2D eigenvalue weighted by molar-refractivity contribution is -0.385. The minimum atomic E-state index is -0.532. The maximum atomic E-state index is 12.5. The smallest absolute Gasteiger partial charge is 0.268 e. The van der Waals surface area contributed by atoms with Gasteiger partial charge in [0.15, 0.2) is 0 Å². The van der Waals surface area contributed by atoms with Crippen molar-refractivity contribution in [1.29, 1.82) is 0 Å². The average molecular weight is 375 g/mol. The topological polar surface area (TPSA) is 80.5 Å². The summed E-state index contributed by atoms with van der Waals surface area (Å²) in [5, 5.41) is 11.1. The van der Waals surface area contributed by atoms with Crippen LogP contribution in [0, 0.1) is 10.1 Å². The molecule has 1 aliphatic rings. The molecule has 0 aromatic heterocycles. The van der Waals surface area contributed by atoms with E-state index in [2.05, 4.69) is 0 Å². The van der Waals surface area contributed by atoms with Gasteiger partial charge in [-0.1, -0.05) is 41.9 Å². The second kappa shape index (κ2) is 7.08. The zero-order valence-corrected chi connectivity index (χ0v) is 14.3. The summed E-state index contributed by atoms with van der Waals surface area (Å²) in [7, 11) is 0. The average Bonchev–Trinajstić information content (AvgIpc) is 2.83. The third-order valence-corrected chi connectivity index (χ3v) is 4.68. The van der Waals surface area contributed by atoms with Crippen LogP contribution in [-0.4, -0.2) is 21.0 Å². The molecule has 1 fully saturated rings. The van der Waals surface area contributed by atoms with Crippen LogP contribution in [0.2, 0.25) is 5.02 Å². The third-order valence-electron chi connectivity index (χ3n) is 3.54. The molecule has 1 heterocycles. The second-order valence-corrected chi connectivity index (χ2v) is 6.64. The molecule has 2 aromatic carbocycles. The maximum Gasteiger partial charge on any atom is 0.293 e. The van der Waals surface area contributed by atoms with E-state index in [1.807, 2.05) is 0 Å². The number of nitro benzene ring substituents is 1. The number of halogens is 1. The highest BCUT2D eigenvalue weighted by Crippen LogP contribution is 2.34. The minimum Gasteiger partial charge on any atom is -0.268 e. The van der Waals surface area contributed by atoms with Crippen LogP contribution in [0.4, 0.5) is 10.5 Å². The molecule has 2 amide bonds. The van der Waals surface area contributed by atoms with Gasteiger partial charge in [0.05, 0.1) is 16.4 Å². The van der Waals surface area contributed by atoms with Crippen LogP contribution in [0.25, 0.3) is 6.08 Å². The second-order valence-electron chi connectivity index (χ2n) is 5.21. The summed E-state index contributed by atoms with van der Waals surface area (Å²) in [5.74, 6) is -0.479. The van der Waals surface area contributed by atoms with Crippen molar-refractivity contribution < 1.29 is 14.5 Å². The highest BCUT2D eigenvalue weighted by atomic mass is 35.5. The van der Waals surface area contributed by atoms with E-state index in [4.69, 9.17) is 11.6 Å². The largest absolute Gasteiger partial charge is 0.293 e. The van der Waals surface area contributed by atoms with Gasteiger partial charge in [-0.25, -0.2) is 0 Å². The Labute approximate surface area is 152 Å². The molecule has 0 unspecified atom stereocenters. The molecule has 6 nitrogen and oxygen atoms in total. The Morgan fingerprint density at radius 2 is 1.92 bits per heavy atom. The van der Waals surface area contributed by atoms with Crippen LogP contribution in [0.3, 0.4) is 0 Å². The molecule has 0 N–H and O–H groups in total. The third kappa shape index (κ3) is 3.72. The van der Waals surface area contributed by atoms with Gasteiger partial charge in [-0.3, -0.25) is 24.6 Å². The first kappa shape index (κ1) is 17.2. The SMILES string of the molecule is O=C1S/C(=C\c2cccc(Cl)c2)C(=O)N1Cc1ccccc1[N+](=O)[O-]. The molecule has 25 heavy (non-hydrogen) atoms. The summed E-state index contributed by atoms with van der Waals surface area (Å²) < 4.78 is 0. The minimum absolute atomic E-state index is 0.125. The van der Waals surface area contributed by atoms with Crippen molar-refractivity contribution >= 4 is 46.3 Å². The van der Waals surface area contributed by atoms with E-state index < -0.39 is 16.1 Å². The molecule has 1 saturated heterocycles. The lowest BCUT2D eigenvalue weighted by Gasteiger charge is -2.12. The molecule has 0 bridgehead atoms. The summed E-state index contributed by atoms with van der Waals surface area (Å²) in [4.78, 5) is 36.5. The molecule has 0 spiro atoms. The number of amides is 2. The normalized spacial score (nSPS) is 15.9. The number of para-hydroxylation sites is 1. The number of hydrogen-bond donors (Lipinski definition) is 0. The maximum absolute atomic E-state index is 12.5. The van der Waals surface area contributed by atoms with Gasteiger partial charge in [0.2, 0.25) is 0 Å². The number of imide groups is 1. The number of nitrogens with zero attached hydrogens (tertiary/aromatic N) is 2. The Hall–Kier alpha value is -2.64. The zero-order chi connectivity index (χ0) is 18.0. The lowest BCUT2D eigenvalue weighted by atomic mass is 10.1. The van der Waals surface area contributed by atoms with Crippen LogP contribution >= 0.6 is 23.4 Å². The number of carbonyl (C=O) groups excluding carboxylic acids is 2. The Morgan fingerprint density at radius 3 is 2.64 bits per heavy atom. The number of nitro groups is 1. The van der Waals surface area contributed by atoms with Crippen molar-refractivity contribution in [3.05, 3.63) is 79.7 Å². The number of carbonyl (C=O) groups is 2. The molecule has 0 radical (unpaired) electrons. The summed E-state index contributed by atoms with van der Waals surface area (Å²) in [6.07, 6.45) is 1.58. The standard InChI is InChI=1S/C17H11ClN2O4S/c18-13-6-3-4-11(8-13)9-15-16(21)19(17(22)25-15)10-12-5-1-2-7-14(12)20(23)24/h1-9H,10H2/b15-9-. The van der Waals surface area contributed by atoms with Gasteiger partial charge in [0, 0.05) is 16.7 Å². The van der Waals surface area contributed by atoms with Gasteiger partial charge in [0.1, 0.15) is 0 Å². The fraction of sp³-hybridized carbons (Fsp3) is 0.0588.